The van der Waals surface area contributed by atoms with E-state index in [-0.39, 0.29) is 5.75 Å². The number of benzene rings is 1. The van der Waals surface area contributed by atoms with E-state index in [4.69, 9.17) is 4.74 Å². The Kier molecular flexibility index (Phi) is 4.47. The van der Waals surface area contributed by atoms with Gasteiger partial charge in [0.15, 0.2) is 0 Å². The lowest BCUT2D eigenvalue weighted by atomic mass is 10.3. The van der Waals surface area contributed by atoms with Crippen molar-refractivity contribution >= 4 is 11.8 Å². The molecule has 0 aromatic heterocycles. The molecule has 0 atom stereocenters. The number of hydrogen-bond acceptors (Lipinski definition) is 3. The molecule has 0 aliphatic rings. The fourth-order valence-corrected chi connectivity index (χ4v) is 1.03. The lowest BCUT2D eigenvalue weighted by Crippen LogP contribution is -2.14. The predicted octanol–water partition coefficient (Wildman–Crippen LogP) is 2.74. The number of phenolic OH excluding ortho intramolecular Hbond substituents is 1. The Morgan fingerprint density at radius 1 is 1.47 bits per heavy atom. The average molecular weight is 209 g/mol. The van der Waals surface area contributed by atoms with Crippen LogP contribution in [0.2, 0.25) is 0 Å². The van der Waals surface area contributed by atoms with Crippen LogP contribution in [-0.2, 0) is 4.74 Å². The topological polar surface area (TPSA) is 58.6 Å². The first-order valence-corrected chi connectivity index (χ1v) is 4.95. The van der Waals surface area contributed by atoms with Crippen molar-refractivity contribution in [2.24, 2.45) is 0 Å². The summed E-state index contributed by atoms with van der Waals surface area (Å²) in [5.74, 6) is 0.0324. The number of hydrogen-bond donors (Lipinski definition) is 2. The van der Waals surface area contributed by atoms with Crippen LogP contribution >= 0.6 is 0 Å². The number of para-hydroxylation sites is 2. The number of carbonyl (C=O) groups excluding carboxylic acids is 1. The molecule has 82 valence electrons. The Bertz CT molecular complexity index is 325. The molecule has 0 spiro atoms. The molecule has 1 aromatic rings. The maximum absolute atomic E-state index is 11.2. The first kappa shape index (κ1) is 11.4. The monoisotopic (exact) mass is 209 g/mol. The molecule has 0 bridgehead atoms. The summed E-state index contributed by atoms with van der Waals surface area (Å²) in [6.45, 7) is 2.42. The van der Waals surface area contributed by atoms with E-state index >= 15 is 0 Å². The molecular weight excluding hydrogens is 194 g/mol. The predicted molar refractivity (Wildman–Crippen MR) is 58.0 cm³/mol. The summed E-state index contributed by atoms with van der Waals surface area (Å²) < 4.78 is 4.88. The minimum Gasteiger partial charge on any atom is -0.506 e. The van der Waals surface area contributed by atoms with Gasteiger partial charge in [0.25, 0.3) is 0 Å². The number of carbonyl (C=O) groups is 1. The van der Waals surface area contributed by atoms with Crippen molar-refractivity contribution < 1.29 is 14.6 Å². The van der Waals surface area contributed by atoms with E-state index < -0.39 is 6.09 Å². The largest absolute Gasteiger partial charge is 0.506 e. The lowest BCUT2D eigenvalue weighted by molar-refractivity contribution is 0.160. The van der Waals surface area contributed by atoms with Gasteiger partial charge in [-0.05, 0) is 18.6 Å². The number of phenols is 1. The second-order valence-electron chi connectivity index (χ2n) is 3.13. The van der Waals surface area contributed by atoms with Crippen molar-refractivity contribution in [3.63, 3.8) is 0 Å². The van der Waals surface area contributed by atoms with Crippen molar-refractivity contribution in [2.75, 3.05) is 11.9 Å². The average Bonchev–Trinajstić information content (AvgIpc) is 2.22. The van der Waals surface area contributed by atoms with Gasteiger partial charge in [0.1, 0.15) is 5.75 Å². The Morgan fingerprint density at radius 3 is 2.87 bits per heavy atom. The van der Waals surface area contributed by atoms with Gasteiger partial charge in [-0.3, -0.25) is 5.32 Å². The normalized spacial score (nSPS) is 9.67. The van der Waals surface area contributed by atoms with Crippen molar-refractivity contribution in [3.05, 3.63) is 24.3 Å². The molecule has 0 radical (unpaired) electrons. The summed E-state index contributed by atoms with van der Waals surface area (Å²) in [5.41, 5.74) is 0.360. The quantitative estimate of drug-likeness (QED) is 0.592. The summed E-state index contributed by atoms with van der Waals surface area (Å²) in [4.78, 5) is 11.2. The minimum atomic E-state index is -0.537. The molecule has 1 aromatic carbocycles. The van der Waals surface area contributed by atoms with E-state index in [1.165, 1.54) is 6.07 Å². The fourth-order valence-electron chi connectivity index (χ4n) is 1.03. The number of aromatic hydroxyl groups is 1. The van der Waals surface area contributed by atoms with E-state index in [0.29, 0.717) is 12.3 Å². The first-order chi connectivity index (χ1) is 7.24. The molecule has 2 N–H and O–H groups in total. The molecule has 1 amide bonds. The van der Waals surface area contributed by atoms with Crippen LogP contribution in [0.5, 0.6) is 5.75 Å². The molecule has 0 saturated carbocycles. The van der Waals surface area contributed by atoms with Gasteiger partial charge < -0.3 is 9.84 Å². The summed E-state index contributed by atoms with van der Waals surface area (Å²) in [6, 6.07) is 6.52. The van der Waals surface area contributed by atoms with Gasteiger partial charge in [0.05, 0.1) is 12.3 Å². The standard InChI is InChI=1S/C11H15NO3/c1-2-3-8-15-11(14)12-9-6-4-5-7-10(9)13/h4-7,13H,2-3,8H2,1H3,(H,12,14). The number of unbranched alkanes of at least 4 members (excludes halogenated alkanes) is 1. The van der Waals surface area contributed by atoms with Crippen LogP contribution in [0.3, 0.4) is 0 Å². The molecule has 1 rings (SSSR count). The van der Waals surface area contributed by atoms with Gasteiger partial charge in [-0.15, -0.1) is 0 Å². The van der Waals surface area contributed by atoms with Gasteiger partial charge >= 0.3 is 6.09 Å². The van der Waals surface area contributed by atoms with E-state index in [2.05, 4.69) is 5.32 Å². The zero-order chi connectivity index (χ0) is 11.1. The Morgan fingerprint density at radius 2 is 2.20 bits per heavy atom. The van der Waals surface area contributed by atoms with Crippen LogP contribution in [0.1, 0.15) is 19.8 Å². The highest BCUT2D eigenvalue weighted by atomic mass is 16.5. The first-order valence-electron chi connectivity index (χ1n) is 4.95. The molecule has 0 unspecified atom stereocenters. The van der Waals surface area contributed by atoms with E-state index in [1.807, 2.05) is 6.92 Å². The molecule has 0 fully saturated rings. The van der Waals surface area contributed by atoms with Crippen molar-refractivity contribution in [1.29, 1.82) is 0 Å². The SMILES string of the molecule is CCCCOC(=O)Nc1ccccc1O. The fraction of sp³-hybridized carbons (Fsp3) is 0.364. The van der Waals surface area contributed by atoms with Crippen LogP contribution in [0, 0.1) is 0 Å². The Hall–Kier alpha value is -1.71. The molecule has 4 heteroatoms. The third-order valence-electron chi connectivity index (χ3n) is 1.87. The molecular formula is C11H15NO3. The summed E-state index contributed by atoms with van der Waals surface area (Å²) in [7, 11) is 0. The van der Waals surface area contributed by atoms with Crippen molar-refractivity contribution in [2.45, 2.75) is 19.8 Å². The summed E-state index contributed by atoms with van der Waals surface area (Å²) in [5, 5.41) is 11.8. The molecule has 0 saturated heterocycles. The maximum atomic E-state index is 11.2. The summed E-state index contributed by atoms with van der Waals surface area (Å²) >= 11 is 0. The minimum absolute atomic E-state index is 0.0324. The lowest BCUT2D eigenvalue weighted by Gasteiger charge is -2.07. The van der Waals surface area contributed by atoms with Gasteiger partial charge in [-0.2, -0.15) is 0 Å². The zero-order valence-electron chi connectivity index (χ0n) is 8.69. The van der Waals surface area contributed by atoms with Crippen LogP contribution in [0.4, 0.5) is 10.5 Å². The van der Waals surface area contributed by atoms with E-state index in [9.17, 15) is 9.90 Å². The second-order valence-corrected chi connectivity index (χ2v) is 3.13. The smallest absolute Gasteiger partial charge is 0.411 e. The van der Waals surface area contributed by atoms with Gasteiger partial charge in [-0.1, -0.05) is 25.5 Å². The number of anilines is 1. The zero-order valence-corrected chi connectivity index (χ0v) is 8.69. The number of ether oxygens (including phenoxy) is 1. The molecule has 15 heavy (non-hydrogen) atoms. The Balaban J connectivity index is 2.41. The molecule has 4 nitrogen and oxygen atoms in total. The van der Waals surface area contributed by atoms with Gasteiger partial charge in [-0.25, -0.2) is 4.79 Å². The highest BCUT2D eigenvalue weighted by Crippen LogP contribution is 2.21. The molecule has 0 aliphatic carbocycles. The number of nitrogens with one attached hydrogen (secondary N) is 1. The maximum Gasteiger partial charge on any atom is 0.411 e. The van der Waals surface area contributed by atoms with E-state index in [0.717, 1.165) is 12.8 Å². The third kappa shape index (κ3) is 3.89. The van der Waals surface area contributed by atoms with Crippen LogP contribution in [0.25, 0.3) is 0 Å². The number of rotatable bonds is 4. The van der Waals surface area contributed by atoms with E-state index in [1.54, 1.807) is 18.2 Å². The summed E-state index contributed by atoms with van der Waals surface area (Å²) in [6.07, 6.45) is 1.28. The van der Waals surface area contributed by atoms with Crippen LogP contribution in [-0.4, -0.2) is 17.8 Å². The Labute approximate surface area is 88.9 Å². The highest BCUT2D eigenvalue weighted by Gasteiger charge is 2.05. The van der Waals surface area contributed by atoms with Gasteiger partial charge in [0, 0.05) is 0 Å². The highest BCUT2D eigenvalue weighted by molar-refractivity contribution is 5.86. The molecule has 0 heterocycles. The molecule has 0 aliphatic heterocycles. The third-order valence-corrected chi connectivity index (χ3v) is 1.87. The van der Waals surface area contributed by atoms with Crippen LogP contribution in [0.15, 0.2) is 24.3 Å². The van der Waals surface area contributed by atoms with Crippen LogP contribution < -0.4 is 5.32 Å². The second kappa shape index (κ2) is 5.90. The van der Waals surface area contributed by atoms with Crippen molar-refractivity contribution in [1.82, 2.24) is 0 Å². The van der Waals surface area contributed by atoms with Gasteiger partial charge in [0.2, 0.25) is 0 Å². The van der Waals surface area contributed by atoms with Crippen molar-refractivity contribution in [3.8, 4) is 5.75 Å². The number of amides is 1.